The van der Waals surface area contributed by atoms with E-state index >= 15 is 0 Å². The smallest absolute Gasteiger partial charge is 0.258 e. The van der Waals surface area contributed by atoms with Crippen molar-refractivity contribution < 1.29 is 19.1 Å². The van der Waals surface area contributed by atoms with Gasteiger partial charge in [-0.3, -0.25) is 14.4 Å². The van der Waals surface area contributed by atoms with Gasteiger partial charge in [0.2, 0.25) is 11.8 Å². The van der Waals surface area contributed by atoms with E-state index in [9.17, 15) is 14.4 Å². The van der Waals surface area contributed by atoms with Crippen LogP contribution in [0.1, 0.15) is 52.6 Å². The Hall–Kier alpha value is -4.13. The number of benzene rings is 3. The van der Waals surface area contributed by atoms with E-state index in [0.717, 1.165) is 11.3 Å². The summed E-state index contributed by atoms with van der Waals surface area (Å²) >= 11 is 0. The number of anilines is 2. The zero-order valence-electron chi connectivity index (χ0n) is 19.4. The molecule has 0 fully saturated rings. The second-order valence-corrected chi connectivity index (χ2v) is 8.37. The number of rotatable bonds is 5. The largest absolute Gasteiger partial charge is 0.497 e. The van der Waals surface area contributed by atoms with Crippen molar-refractivity contribution in [3.8, 4) is 5.75 Å². The van der Waals surface area contributed by atoms with Gasteiger partial charge in [-0.15, -0.1) is 0 Å². The van der Waals surface area contributed by atoms with Gasteiger partial charge in [-0.1, -0.05) is 24.3 Å². The van der Waals surface area contributed by atoms with E-state index in [1.54, 1.807) is 65.4 Å². The Morgan fingerprint density at radius 1 is 0.971 bits per heavy atom. The molecule has 0 unspecified atom stereocenters. The number of methoxy groups -OCH3 is 1. The van der Waals surface area contributed by atoms with E-state index in [-0.39, 0.29) is 23.9 Å². The van der Waals surface area contributed by atoms with Crippen LogP contribution in [0.25, 0.3) is 0 Å². The molecule has 0 bridgehead atoms. The molecule has 7 heteroatoms. The third kappa shape index (κ3) is 4.24. The van der Waals surface area contributed by atoms with E-state index in [0.29, 0.717) is 29.0 Å². The van der Waals surface area contributed by atoms with Crippen LogP contribution in [0.3, 0.4) is 0 Å². The Labute approximate surface area is 198 Å². The highest BCUT2D eigenvalue weighted by molar-refractivity contribution is 6.07. The number of ether oxygens (including phenoxy) is 1. The van der Waals surface area contributed by atoms with Gasteiger partial charge in [0.1, 0.15) is 5.75 Å². The van der Waals surface area contributed by atoms with Crippen molar-refractivity contribution in [1.82, 2.24) is 0 Å². The summed E-state index contributed by atoms with van der Waals surface area (Å²) in [6.45, 7) is 3.47. The number of amides is 3. The zero-order chi connectivity index (χ0) is 24.4. The second-order valence-electron chi connectivity index (χ2n) is 8.37. The molecule has 1 aliphatic rings. The molecule has 2 N–H and O–H groups in total. The van der Waals surface area contributed by atoms with Gasteiger partial charge in [-0.05, 0) is 67.4 Å². The van der Waals surface area contributed by atoms with Crippen LogP contribution in [0.15, 0.2) is 72.8 Å². The van der Waals surface area contributed by atoms with E-state index in [1.165, 1.54) is 6.92 Å². The molecule has 0 aliphatic carbocycles. The number of carbonyl (C=O) groups is 3. The summed E-state index contributed by atoms with van der Waals surface area (Å²) in [5.41, 5.74) is 8.56. The fourth-order valence-corrected chi connectivity index (χ4v) is 4.60. The van der Waals surface area contributed by atoms with Crippen molar-refractivity contribution >= 4 is 29.1 Å². The van der Waals surface area contributed by atoms with Gasteiger partial charge in [-0.2, -0.15) is 0 Å². The molecule has 3 aromatic carbocycles. The summed E-state index contributed by atoms with van der Waals surface area (Å²) in [4.78, 5) is 41.6. The first kappa shape index (κ1) is 23.0. The molecule has 34 heavy (non-hydrogen) atoms. The minimum atomic E-state index is -0.556. The molecule has 1 heterocycles. The monoisotopic (exact) mass is 457 g/mol. The number of para-hydroxylation sites is 1. The third-order valence-electron chi connectivity index (χ3n) is 6.18. The molecule has 1 aliphatic heterocycles. The highest BCUT2D eigenvalue weighted by Crippen LogP contribution is 2.42. The number of nitrogens with zero attached hydrogens (tertiary/aromatic N) is 2. The Kier molecular flexibility index (Phi) is 6.36. The standard InChI is InChI=1S/C27H27N3O4/c1-17-15-25(30(18(2)31)21-8-6-7-20(16-21)26(28)32)23-9-4-5-10-24(23)29(17)27(33)19-11-13-22(34-3)14-12-19/h4-14,16-17,25H,15H2,1-3H3,(H2,28,32)/t17-,25+/m0/s1. The zero-order valence-corrected chi connectivity index (χ0v) is 19.4. The van der Waals surface area contributed by atoms with Crippen molar-refractivity contribution in [3.05, 3.63) is 89.5 Å². The highest BCUT2D eigenvalue weighted by atomic mass is 16.5. The van der Waals surface area contributed by atoms with Crippen molar-refractivity contribution in [2.45, 2.75) is 32.4 Å². The molecule has 3 amide bonds. The topological polar surface area (TPSA) is 92.9 Å². The summed E-state index contributed by atoms with van der Waals surface area (Å²) in [7, 11) is 1.58. The third-order valence-corrected chi connectivity index (χ3v) is 6.18. The lowest BCUT2D eigenvalue weighted by molar-refractivity contribution is -0.117. The summed E-state index contributed by atoms with van der Waals surface area (Å²) in [6, 6.07) is 20.9. The lowest BCUT2D eigenvalue weighted by Crippen LogP contribution is -2.47. The molecule has 4 rings (SSSR count). The van der Waals surface area contributed by atoms with Crippen LogP contribution < -0.4 is 20.3 Å². The van der Waals surface area contributed by atoms with E-state index in [4.69, 9.17) is 10.5 Å². The van der Waals surface area contributed by atoms with Gasteiger partial charge >= 0.3 is 0 Å². The minimum Gasteiger partial charge on any atom is -0.497 e. The van der Waals surface area contributed by atoms with Gasteiger partial charge in [0, 0.05) is 35.5 Å². The van der Waals surface area contributed by atoms with Crippen LogP contribution in [0.2, 0.25) is 0 Å². The number of hydrogen-bond donors (Lipinski definition) is 1. The van der Waals surface area contributed by atoms with Gasteiger partial charge < -0.3 is 20.3 Å². The molecular weight excluding hydrogens is 430 g/mol. The molecule has 0 spiro atoms. The molecule has 0 saturated carbocycles. The van der Waals surface area contributed by atoms with Gasteiger partial charge in [0.05, 0.1) is 13.2 Å². The Morgan fingerprint density at radius 2 is 1.68 bits per heavy atom. The van der Waals surface area contributed by atoms with Crippen molar-refractivity contribution in [2.75, 3.05) is 16.9 Å². The van der Waals surface area contributed by atoms with E-state index in [1.807, 2.05) is 31.2 Å². The Bertz CT molecular complexity index is 1240. The molecule has 3 aromatic rings. The quantitative estimate of drug-likeness (QED) is 0.617. The van der Waals surface area contributed by atoms with Crippen molar-refractivity contribution in [2.24, 2.45) is 5.73 Å². The summed E-state index contributed by atoms with van der Waals surface area (Å²) in [6.07, 6.45) is 0.527. The second kappa shape index (κ2) is 9.39. The molecule has 7 nitrogen and oxygen atoms in total. The maximum Gasteiger partial charge on any atom is 0.258 e. The lowest BCUT2D eigenvalue weighted by atomic mass is 9.89. The molecule has 0 saturated heterocycles. The fourth-order valence-electron chi connectivity index (χ4n) is 4.60. The molecular formula is C27H27N3O4. The first-order valence-corrected chi connectivity index (χ1v) is 11.1. The average Bonchev–Trinajstić information content (AvgIpc) is 2.84. The maximum absolute atomic E-state index is 13.5. The number of carbonyl (C=O) groups excluding carboxylic acids is 3. The minimum absolute atomic E-state index is 0.119. The first-order chi connectivity index (χ1) is 16.3. The predicted octanol–water partition coefficient (Wildman–Crippen LogP) is 4.33. The van der Waals surface area contributed by atoms with Crippen LogP contribution in [-0.4, -0.2) is 30.9 Å². The molecule has 174 valence electrons. The van der Waals surface area contributed by atoms with Gasteiger partial charge in [0.15, 0.2) is 0 Å². The summed E-state index contributed by atoms with van der Waals surface area (Å²) < 4.78 is 5.21. The number of nitrogens with two attached hydrogens (primary N) is 1. The molecule has 0 radical (unpaired) electrons. The van der Waals surface area contributed by atoms with E-state index < -0.39 is 5.91 Å². The SMILES string of the molecule is COc1ccc(C(=O)N2c3ccccc3[C@H](N(C(C)=O)c3cccc(C(N)=O)c3)C[C@@H]2C)cc1. The number of hydrogen-bond acceptors (Lipinski definition) is 4. The van der Waals surface area contributed by atoms with Crippen molar-refractivity contribution in [3.63, 3.8) is 0 Å². The summed E-state index contributed by atoms with van der Waals surface area (Å²) in [5.74, 6) is -0.160. The molecule has 0 aromatic heterocycles. The Morgan fingerprint density at radius 3 is 2.32 bits per heavy atom. The van der Waals surface area contributed by atoms with Crippen LogP contribution in [0, 0.1) is 0 Å². The van der Waals surface area contributed by atoms with E-state index in [2.05, 4.69) is 0 Å². The van der Waals surface area contributed by atoms with Gasteiger partial charge in [0.25, 0.3) is 5.91 Å². The lowest BCUT2D eigenvalue weighted by Gasteiger charge is -2.43. The molecule has 2 atom stereocenters. The predicted molar refractivity (Wildman–Crippen MR) is 131 cm³/mol. The maximum atomic E-state index is 13.5. The summed E-state index contributed by atoms with van der Waals surface area (Å²) in [5, 5.41) is 0. The van der Waals surface area contributed by atoms with Gasteiger partial charge in [-0.25, -0.2) is 0 Å². The number of fused-ring (bicyclic) bond motifs is 1. The van der Waals surface area contributed by atoms with Crippen LogP contribution in [0.5, 0.6) is 5.75 Å². The van der Waals surface area contributed by atoms with Crippen LogP contribution in [0.4, 0.5) is 11.4 Å². The first-order valence-electron chi connectivity index (χ1n) is 11.1. The highest BCUT2D eigenvalue weighted by Gasteiger charge is 2.38. The Balaban J connectivity index is 1.76. The average molecular weight is 458 g/mol. The fraction of sp³-hybridized carbons (Fsp3) is 0.222. The van der Waals surface area contributed by atoms with Crippen LogP contribution in [-0.2, 0) is 4.79 Å². The van der Waals surface area contributed by atoms with Crippen LogP contribution >= 0.6 is 0 Å². The van der Waals surface area contributed by atoms with Crippen molar-refractivity contribution in [1.29, 1.82) is 0 Å². The normalized spacial score (nSPS) is 17.0. The number of primary amides is 1.